The number of hydrogen-bond donors (Lipinski definition) is 0. The van der Waals surface area contributed by atoms with Crippen molar-refractivity contribution in [2.75, 3.05) is 26.7 Å². The molecule has 0 radical (unpaired) electrons. The lowest BCUT2D eigenvalue weighted by molar-refractivity contribution is -0.131. The number of benzene rings is 1. The fraction of sp³-hybridized carbons (Fsp3) is 0.333. The van der Waals surface area contributed by atoms with Crippen LogP contribution in [0.4, 0.5) is 0 Å². The minimum Gasteiger partial charge on any atom is -0.451 e. The molecule has 2 rings (SSSR count). The van der Waals surface area contributed by atoms with Gasteiger partial charge in [-0.05, 0) is 38.1 Å². The van der Waals surface area contributed by atoms with E-state index < -0.39 is 0 Å². The third-order valence-electron chi connectivity index (χ3n) is 3.79. The van der Waals surface area contributed by atoms with Gasteiger partial charge in [0.1, 0.15) is 5.76 Å². The molecule has 2 amide bonds. The van der Waals surface area contributed by atoms with Crippen LogP contribution in [0.1, 0.15) is 24.4 Å². The maximum atomic E-state index is 12.4. The van der Waals surface area contributed by atoms with E-state index in [0.29, 0.717) is 23.9 Å². The number of furan rings is 1. The number of nitrogens with zero attached hydrogens (tertiary/aromatic N) is 2. The quantitative estimate of drug-likeness (QED) is 0.802. The molecular weight excluding hydrogens is 328 g/mol. The van der Waals surface area contributed by atoms with Crippen molar-refractivity contribution in [3.8, 4) is 11.3 Å². The summed E-state index contributed by atoms with van der Waals surface area (Å²) in [6.45, 7) is 5.07. The Hall–Kier alpha value is -2.27. The summed E-state index contributed by atoms with van der Waals surface area (Å²) >= 11 is 6.14. The van der Waals surface area contributed by atoms with Gasteiger partial charge in [0, 0.05) is 25.7 Å². The van der Waals surface area contributed by atoms with E-state index in [4.69, 9.17) is 16.0 Å². The van der Waals surface area contributed by atoms with Gasteiger partial charge in [0.25, 0.3) is 5.91 Å². The highest BCUT2D eigenvalue weighted by molar-refractivity contribution is 6.33. The number of carbonyl (C=O) groups excluding carboxylic acids is 2. The van der Waals surface area contributed by atoms with Gasteiger partial charge in [0.05, 0.1) is 11.6 Å². The molecule has 1 aromatic heterocycles. The van der Waals surface area contributed by atoms with Gasteiger partial charge in [-0.1, -0.05) is 23.7 Å². The summed E-state index contributed by atoms with van der Waals surface area (Å²) in [5.41, 5.74) is 0.722. The summed E-state index contributed by atoms with van der Waals surface area (Å²) in [6.07, 6.45) is 0. The third-order valence-corrected chi connectivity index (χ3v) is 4.12. The van der Waals surface area contributed by atoms with Crippen molar-refractivity contribution in [3.05, 3.63) is 47.2 Å². The molecule has 0 saturated heterocycles. The number of carbonyl (C=O) groups is 2. The zero-order chi connectivity index (χ0) is 17.7. The second kappa shape index (κ2) is 8.02. The average Bonchev–Trinajstić information content (AvgIpc) is 3.05. The van der Waals surface area contributed by atoms with Crippen LogP contribution in [-0.2, 0) is 4.79 Å². The van der Waals surface area contributed by atoms with Gasteiger partial charge < -0.3 is 14.2 Å². The molecule has 0 unspecified atom stereocenters. The highest BCUT2D eigenvalue weighted by atomic mass is 35.5. The van der Waals surface area contributed by atoms with Crippen LogP contribution in [0.15, 0.2) is 40.8 Å². The Morgan fingerprint density at radius 2 is 1.75 bits per heavy atom. The lowest BCUT2D eigenvalue weighted by Gasteiger charge is -2.22. The summed E-state index contributed by atoms with van der Waals surface area (Å²) in [5, 5.41) is 0.552. The van der Waals surface area contributed by atoms with Crippen LogP contribution < -0.4 is 0 Å². The summed E-state index contributed by atoms with van der Waals surface area (Å²) in [6, 6.07) is 10.6. The number of halogens is 1. The largest absolute Gasteiger partial charge is 0.451 e. The van der Waals surface area contributed by atoms with Crippen LogP contribution >= 0.6 is 11.6 Å². The minimum atomic E-state index is -0.339. The Morgan fingerprint density at radius 3 is 2.38 bits per heavy atom. The molecule has 0 bridgehead atoms. The van der Waals surface area contributed by atoms with E-state index in [9.17, 15) is 9.59 Å². The first-order valence-electron chi connectivity index (χ1n) is 7.85. The standard InChI is InChI=1S/C18H21ClN2O3/c1-4-21(5-2)17(22)12-20(3)18(23)16-11-10-15(24-16)13-8-6-7-9-14(13)19/h6-11H,4-5,12H2,1-3H3. The molecule has 1 heterocycles. The van der Waals surface area contributed by atoms with Crippen molar-refractivity contribution >= 4 is 23.4 Å². The van der Waals surface area contributed by atoms with Crippen molar-refractivity contribution in [3.63, 3.8) is 0 Å². The van der Waals surface area contributed by atoms with Crippen LogP contribution in [0.25, 0.3) is 11.3 Å². The topological polar surface area (TPSA) is 53.8 Å². The molecule has 0 spiro atoms. The molecule has 6 heteroatoms. The first-order chi connectivity index (χ1) is 11.5. The maximum absolute atomic E-state index is 12.4. The summed E-state index contributed by atoms with van der Waals surface area (Å²) in [5.74, 6) is 0.273. The van der Waals surface area contributed by atoms with Gasteiger partial charge >= 0.3 is 0 Å². The van der Waals surface area contributed by atoms with Crippen LogP contribution in [-0.4, -0.2) is 48.3 Å². The molecule has 0 saturated carbocycles. The van der Waals surface area contributed by atoms with Crippen molar-refractivity contribution in [2.24, 2.45) is 0 Å². The van der Waals surface area contributed by atoms with Crippen molar-refractivity contribution in [1.29, 1.82) is 0 Å². The Morgan fingerprint density at radius 1 is 1.08 bits per heavy atom. The number of hydrogen-bond acceptors (Lipinski definition) is 3. The van der Waals surface area contributed by atoms with Crippen LogP contribution in [0, 0.1) is 0 Å². The van der Waals surface area contributed by atoms with E-state index in [0.717, 1.165) is 5.56 Å². The zero-order valence-corrected chi connectivity index (χ0v) is 14.8. The van der Waals surface area contributed by atoms with Gasteiger partial charge in [-0.2, -0.15) is 0 Å². The second-order valence-corrected chi connectivity index (χ2v) is 5.78. The minimum absolute atomic E-state index is 0.0165. The van der Waals surface area contributed by atoms with Gasteiger partial charge in [-0.15, -0.1) is 0 Å². The lowest BCUT2D eigenvalue weighted by atomic mass is 10.2. The molecule has 24 heavy (non-hydrogen) atoms. The molecule has 2 aromatic rings. The molecule has 0 aliphatic heterocycles. The maximum Gasteiger partial charge on any atom is 0.289 e. The summed E-state index contributed by atoms with van der Waals surface area (Å²) in [7, 11) is 1.58. The molecule has 0 aliphatic carbocycles. The smallest absolute Gasteiger partial charge is 0.289 e. The molecule has 0 aliphatic rings. The van der Waals surface area contributed by atoms with E-state index in [1.54, 1.807) is 30.1 Å². The van der Waals surface area contributed by atoms with E-state index in [1.165, 1.54) is 4.90 Å². The second-order valence-electron chi connectivity index (χ2n) is 5.37. The van der Waals surface area contributed by atoms with Crippen molar-refractivity contribution < 1.29 is 14.0 Å². The molecule has 1 aromatic carbocycles. The van der Waals surface area contributed by atoms with Gasteiger partial charge in [-0.3, -0.25) is 9.59 Å². The molecular formula is C18H21ClN2O3. The highest BCUT2D eigenvalue weighted by Crippen LogP contribution is 2.29. The molecule has 0 fully saturated rings. The summed E-state index contributed by atoms with van der Waals surface area (Å²) in [4.78, 5) is 27.6. The third kappa shape index (κ3) is 3.97. The van der Waals surface area contributed by atoms with Crippen molar-refractivity contribution in [2.45, 2.75) is 13.8 Å². The van der Waals surface area contributed by atoms with Crippen molar-refractivity contribution in [1.82, 2.24) is 9.80 Å². The van der Waals surface area contributed by atoms with E-state index in [-0.39, 0.29) is 24.1 Å². The normalized spacial score (nSPS) is 10.5. The zero-order valence-electron chi connectivity index (χ0n) is 14.1. The monoisotopic (exact) mass is 348 g/mol. The van der Waals surface area contributed by atoms with Crippen LogP contribution in [0.5, 0.6) is 0 Å². The first kappa shape index (κ1) is 18.1. The Bertz CT molecular complexity index is 723. The van der Waals surface area contributed by atoms with Crippen LogP contribution in [0.3, 0.4) is 0 Å². The Kier molecular flexibility index (Phi) is 6.04. The number of rotatable bonds is 6. The van der Waals surface area contributed by atoms with Gasteiger partial charge in [0.2, 0.25) is 5.91 Å². The highest BCUT2D eigenvalue weighted by Gasteiger charge is 2.21. The average molecular weight is 349 g/mol. The molecule has 5 nitrogen and oxygen atoms in total. The Labute approximate surface area is 146 Å². The number of amides is 2. The van der Waals surface area contributed by atoms with Crippen LogP contribution in [0.2, 0.25) is 5.02 Å². The van der Waals surface area contributed by atoms with E-state index in [1.807, 2.05) is 32.0 Å². The molecule has 0 N–H and O–H groups in total. The summed E-state index contributed by atoms with van der Waals surface area (Å²) < 4.78 is 5.63. The fourth-order valence-corrected chi connectivity index (χ4v) is 2.63. The van der Waals surface area contributed by atoms with E-state index in [2.05, 4.69) is 0 Å². The molecule has 0 atom stereocenters. The predicted molar refractivity (Wildman–Crippen MR) is 94.0 cm³/mol. The Balaban J connectivity index is 2.11. The fourth-order valence-electron chi connectivity index (χ4n) is 2.40. The number of likely N-dealkylation sites (N-methyl/N-ethyl adjacent to an activating group) is 2. The lowest BCUT2D eigenvalue weighted by Crippen LogP contribution is -2.40. The SMILES string of the molecule is CCN(CC)C(=O)CN(C)C(=O)c1ccc(-c2ccccc2Cl)o1. The predicted octanol–water partition coefficient (Wildman–Crippen LogP) is 3.54. The first-order valence-corrected chi connectivity index (χ1v) is 8.23. The van der Waals surface area contributed by atoms with E-state index >= 15 is 0 Å². The van der Waals surface area contributed by atoms with Gasteiger partial charge in [-0.25, -0.2) is 0 Å². The molecule has 128 valence electrons. The van der Waals surface area contributed by atoms with Gasteiger partial charge in [0.15, 0.2) is 5.76 Å².